The van der Waals surface area contributed by atoms with Crippen molar-refractivity contribution in [3.63, 3.8) is 0 Å². The van der Waals surface area contributed by atoms with E-state index >= 15 is 0 Å². The van der Waals surface area contributed by atoms with Crippen molar-refractivity contribution < 1.29 is 23.8 Å². The summed E-state index contributed by atoms with van der Waals surface area (Å²) in [5, 5.41) is 0.650. The van der Waals surface area contributed by atoms with E-state index < -0.39 is 17.2 Å². The molecule has 0 atom stereocenters. The van der Waals surface area contributed by atoms with Gasteiger partial charge in [-0.05, 0) is 74.6 Å². The van der Waals surface area contributed by atoms with Crippen LogP contribution < -0.4 is 0 Å². The van der Waals surface area contributed by atoms with Gasteiger partial charge >= 0.3 is 5.97 Å². The van der Waals surface area contributed by atoms with E-state index in [4.69, 9.17) is 25.8 Å². The van der Waals surface area contributed by atoms with Crippen LogP contribution in [0.1, 0.15) is 45.7 Å². The number of methoxy groups -OCH3 is 1. The second-order valence-corrected chi connectivity index (χ2v) is 9.23. The number of halogens is 1. The lowest BCUT2D eigenvalue weighted by Crippen LogP contribution is -2.50. The zero-order valence-electron chi connectivity index (χ0n) is 19.4. The number of ether oxygens (including phenoxy) is 3. The van der Waals surface area contributed by atoms with Crippen molar-refractivity contribution in [1.82, 2.24) is 0 Å². The molecule has 2 aromatic carbocycles. The van der Waals surface area contributed by atoms with Crippen LogP contribution in [0.15, 0.2) is 48.2 Å². The Bertz CT molecular complexity index is 1060. The van der Waals surface area contributed by atoms with Crippen molar-refractivity contribution in [1.29, 1.82) is 0 Å². The predicted octanol–water partition coefficient (Wildman–Crippen LogP) is 5.63. The molecule has 0 saturated carbocycles. The lowest BCUT2D eigenvalue weighted by Gasteiger charge is -2.42. The van der Waals surface area contributed by atoms with Gasteiger partial charge in [0.1, 0.15) is 17.8 Å². The van der Waals surface area contributed by atoms with E-state index in [1.807, 2.05) is 49.4 Å². The summed E-state index contributed by atoms with van der Waals surface area (Å²) in [5.74, 6) is -0.622. The molecule has 0 saturated heterocycles. The highest BCUT2D eigenvalue weighted by atomic mass is 35.5. The van der Waals surface area contributed by atoms with E-state index in [0.29, 0.717) is 17.0 Å². The summed E-state index contributed by atoms with van der Waals surface area (Å²) in [6.45, 7) is 8.86. The Kier molecular flexibility index (Phi) is 6.94. The predicted molar refractivity (Wildman–Crippen MR) is 125 cm³/mol. The van der Waals surface area contributed by atoms with E-state index in [9.17, 15) is 9.59 Å². The standard InChI is InChI=1S/C26H29ClO5/c1-7-16-8-9-18(17-10-12-19(27)13-11-17)14-20(16)22-23(29)25(2,3)32-26(4,5)24(22)31-21(28)15-30-6/h8-14H,7,15H2,1-6H3. The maximum atomic E-state index is 13.6. The fourth-order valence-electron chi connectivity index (χ4n) is 4.05. The van der Waals surface area contributed by atoms with E-state index in [1.165, 1.54) is 7.11 Å². The molecule has 1 aliphatic heterocycles. The Morgan fingerprint density at radius 1 is 1.00 bits per heavy atom. The molecule has 0 aliphatic carbocycles. The number of hydrogen-bond acceptors (Lipinski definition) is 5. The minimum atomic E-state index is -1.09. The molecule has 0 radical (unpaired) electrons. The minimum absolute atomic E-state index is 0.201. The Morgan fingerprint density at radius 3 is 2.22 bits per heavy atom. The van der Waals surface area contributed by atoms with Crippen molar-refractivity contribution in [2.24, 2.45) is 0 Å². The molecule has 0 bridgehead atoms. The van der Waals surface area contributed by atoms with Gasteiger partial charge in [0, 0.05) is 12.1 Å². The third-order valence-corrected chi connectivity index (χ3v) is 5.73. The molecule has 0 amide bonds. The number of Topliss-reactive ketones (excluding diaryl/α,β-unsaturated/α-hetero) is 1. The van der Waals surface area contributed by atoms with Gasteiger partial charge in [0.15, 0.2) is 11.5 Å². The maximum Gasteiger partial charge on any atom is 0.337 e. The highest BCUT2D eigenvalue weighted by Crippen LogP contribution is 2.43. The van der Waals surface area contributed by atoms with Gasteiger partial charge in [0.25, 0.3) is 0 Å². The quantitative estimate of drug-likeness (QED) is 0.527. The molecule has 0 spiro atoms. The Hall–Kier alpha value is -2.47. The Morgan fingerprint density at radius 2 is 1.62 bits per heavy atom. The largest absolute Gasteiger partial charge is 0.425 e. The third kappa shape index (κ3) is 4.80. The first kappa shape index (κ1) is 24.2. The first-order valence-electron chi connectivity index (χ1n) is 10.6. The molecule has 2 aromatic rings. The van der Waals surface area contributed by atoms with Gasteiger partial charge in [0.05, 0.1) is 5.57 Å². The summed E-state index contributed by atoms with van der Waals surface area (Å²) in [6.07, 6.45) is 0.702. The molecule has 0 N–H and O–H groups in total. The molecule has 6 heteroatoms. The highest BCUT2D eigenvalue weighted by Gasteiger charge is 2.48. The van der Waals surface area contributed by atoms with Crippen LogP contribution in [0.3, 0.4) is 0 Å². The van der Waals surface area contributed by atoms with Gasteiger partial charge in [-0.1, -0.05) is 42.8 Å². The molecule has 1 aliphatic rings. The van der Waals surface area contributed by atoms with Crippen LogP contribution in [0.25, 0.3) is 16.7 Å². The maximum absolute atomic E-state index is 13.6. The summed E-state index contributed by atoms with van der Waals surface area (Å²) in [4.78, 5) is 26.0. The lowest BCUT2D eigenvalue weighted by molar-refractivity contribution is -0.167. The number of benzene rings is 2. The fraction of sp³-hybridized carbons (Fsp3) is 0.385. The second-order valence-electron chi connectivity index (χ2n) is 8.80. The summed E-state index contributed by atoms with van der Waals surface area (Å²) in [7, 11) is 1.41. The summed E-state index contributed by atoms with van der Waals surface area (Å²) >= 11 is 6.05. The van der Waals surface area contributed by atoms with Crippen LogP contribution in [0.5, 0.6) is 0 Å². The molecular formula is C26H29ClO5. The van der Waals surface area contributed by atoms with Crippen molar-refractivity contribution in [2.45, 2.75) is 52.2 Å². The highest BCUT2D eigenvalue weighted by molar-refractivity contribution is 6.30. The number of ketones is 1. The lowest BCUT2D eigenvalue weighted by atomic mass is 9.80. The van der Waals surface area contributed by atoms with Crippen LogP contribution >= 0.6 is 11.6 Å². The fourth-order valence-corrected chi connectivity index (χ4v) is 4.18. The van der Waals surface area contributed by atoms with Crippen LogP contribution in [0.4, 0.5) is 0 Å². The number of esters is 1. The molecule has 5 nitrogen and oxygen atoms in total. The first-order chi connectivity index (χ1) is 15.0. The smallest absolute Gasteiger partial charge is 0.337 e. The summed E-state index contributed by atoms with van der Waals surface area (Å²) in [6, 6.07) is 13.5. The topological polar surface area (TPSA) is 61.8 Å². The van der Waals surface area contributed by atoms with E-state index in [2.05, 4.69) is 0 Å². The van der Waals surface area contributed by atoms with Gasteiger partial charge < -0.3 is 14.2 Å². The second kappa shape index (κ2) is 9.18. The van der Waals surface area contributed by atoms with Crippen LogP contribution in [0.2, 0.25) is 5.02 Å². The van der Waals surface area contributed by atoms with Crippen molar-refractivity contribution in [3.05, 3.63) is 64.4 Å². The van der Waals surface area contributed by atoms with Crippen LogP contribution in [-0.2, 0) is 30.2 Å². The van der Waals surface area contributed by atoms with Crippen molar-refractivity contribution >= 4 is 28.9 Å². The van der Waals surface area contributed by atoms with Crippen molar-refractivity contribution in [3.8, 4) is 11.1 Å². The van der Waals surface area contributed by atoms with E-state index in [-0.39, 0.29) is 18.1 Å². The zero-order chi connectivity index (χ0) is 23.7. The molecule has 170 valence electrons. The Labute approximate surface area is 194 Å². The van der Waals surface area contributed by atoms with Crippen LogP contribution in [0, 0.1) is 0 Å². The third-order valence-electron chi connectivity index (χ3n) is 5.47. The van der Waals surface area contributed by atoms with Crippen molar-refractivity contribution in [2.75, 3.05) is 13.7 Å². The summed E-state index contributed by atoms with van der Waals surface area (Å²) < 4.78 is 16.7. The molecule has 0 fully saturated rings. The first-order valence-corrected chi connectivity index (χ1v) is 11.0. The molecule has 0 unspecified atom stereocenters. The molecular weight excluding hydrogens is 428 g/mol. The SMILES string of the molecule is CCc1ccc(-c2ccc(Cl)cc2)cc1C1=C(OC(=O)COC)C(C)(C)OC(C)(C)C1=O. The molecule has 1 heterocycles. The molecule has 32 heavy (non-hydrogen) atoms. The van der Waals surface area contributed by atoms with Gasteiger partial charge in [-0.25, -0.2) is 4.79 Å². The molecule has 3 rings (SSSR count). The van der Waals surface area contributed by atoms with E-state index in [0.717, 1.165) is 22.3 Å². The van der Waals surface area contributed by atoms with Gasteiger partial charge in [-0.3, -0.25) is 4.79 Å². The number of hydrogen-bond donors (Lipinski definition) is 0. The average Bonchev–Trinajstić information content (AvgIpc) is 2.72. The monoisotopic (exact) mass is 456 g/mol. The van der Waals surface area contributed by atoms with Gasteiger partial charge in [-0.2, -0.15) is 0 Å². The van der Waals surface area contributed by atoms with Crippen LogP contribution in [-0.4, -0.2) is 36.7 Å². The van der Waals surface area contributed by atoms with E-state index in [1.54, 1.807) is 27.7 Å². The number of carbonyl (C=O) groups is 2. The van der Waals surface area contributed by atoms with Gasteiger partial charge in [0.2, 0.25) is 0 Å². The Balaban J connectivity index is 2.28. The zero-order valence-corrected chi connectivity index (χ0v) is 20.1. The molecule has 0 aromatic heterocycles. The number of rotatable bonds is 6. The summed E-state index contributed by atoms with van der Waals surface area (Å²) in [5.41, 5.74) is 1.88. The minimum Gasteiger partial charge on any atom is -0.425 e. The number of aryl methyl sites for hydroxylation is 1. The number of carbonyl (C=O) groups excluding carboxylic acids is 2. The average molecular weight is 457 g/mol. The normalized spacial score (nSPS) is 17.4. The van der Waals surface area contributed by atoms with Gasteiger partial charge in [-0.15, -0.1) is 0 Å².